The Morgan fingerprint density at radius 1 is 1.11 bits per heavy atom. The standard InChI is InChI=1S/C16H17NO2/c1-18-12-8-6-11(7-9-12)16-10-14(17)13-4-2-3-5-15(13)19-16/h2-9,14,16H,10,17H2,1H3. The predicted octanol–water partition coefficient (Wildman–Crippen LogP) is 3.22. The van der Waals surface area contributed by atoms with Gasteiger partial charge < -0.3 is 15.2 Å². The van der Waals surface area contributed by atoms with E-state index in [0.29, 0.717) is 0 Å². The zero-order chi connectivity index (χ0) is 13.2. The molecule has 0 radical (unpaired) electrons. The van der Waals surface area contributed by atoms with Crippen LogP contribution in [0.5, 0.6) is 11.5 Å². The van der Waals surface area contributed by atoms with E-state index in [1.807, 2.05) is 48.5 Å². The van der Waals surface area contributed by atoms with Crippen molar-refractivity contribution in [3.63, 3.8) is 0 Å². The lowest BCUT2D eigenvalue weighted by Crippen LogP contribution is -2.23. The first-order valence-corrected chi connectivity index (χ1v) is 6.43. The highest BCUT2D eigenvalue weighted by atomic mass is 16.5. The second-order valence-corrected chi connectivity index (χ2v) is 4.76. The first kappa shape index (κ1) is 12.1. The number of ether oxygens (including phenoxy) is 2. The van der Waals surface area contributed by atoms with Gasteiger partial charge in [0.05, 0.1) is 7.11 Å². The molecule has 2 aromatic rings. The van der Waals surface area contributed by atoms with Crippen LogP contribution < -0.4 is 15.2 Å². The number of fused-ring (bicyclic) bond motifs is 1. The zero-order valence-electron chi connectivity index (χ0n) is 10.9. The summed E-state index contributed by atoms with van der Waals surface area (Å²) in [4.78, 5) is 0. The molecular formula is C16H17NO2. The maximum atomic E-state index is 6.23. The van der Waals surface area contributed by atoms with Crippen molar-refractivity contribution in [2.75, 3.05) is 7.11 Å². The molecule has 19 heavy (non-hydrogen) atoms. The second-order valence-electron chi connectivity index (χ2n) is 4.76. The van der Waals surface area contributed by atoms with Gasteiger partial charge in [-0.1, -0.05) is 30.3 Å². The highest BCUT2D eigenvalue weighted by molar-refractivity contribution is 5.39. The molecular weight excluding hydrogens is 238 g/mol. The van der Waals surface area contributed by atoms with Crippen molar-refractivity contribution in [1.29, 1.82) is 0 Å². The molecule has 0 fully saturated rings. The number of methoxy groups -OCH3 is 1. The van der Waals surface area contributed by atoms with Gasteiger partial charge in [-0.05, 0) is 23.8 Å². The Labute approximate surface area is 113 Å². The lowest BCUT2D eigenvalue weighted by atomic mass is 9.93. The van der Waals surface area contributed by atoms with E-state index in [1.165, 1.54) is 0 Å². The second kappa shape index (κ2) is 4.94. The van der Waals surface area contributed by atoms with Gasteiger partial charge >= 0.3 is 0 Å². The topological polar surface area (TPSA) is 44.5 Å². The molecule has 2 N–H and O–H groups in total. The third kappa shape index (κ3) is 2.29. The van der Waals surface area contributed by atoms with Gasteiger partial charge in [-0.2, -0.15) is 0 Å². The summed E-state index contributed by atoms with van der Waals surface area (Å²) in [7, 11) is 1.66. The number of rotatable bonds is 2. The molecule has 0 amide bonds. The molecule has 2 aromatic carbocycles. The van der Waals surface area contributed by atoms with E-state index in [0.717, 1.165) is 29.0 Å². The molecule has 0 aliphatic carbocycles. The molecule has 3 nitrogen and oxygen atoms in total. The highest BCUT2D eigenvalue weighted by Crippen LogP contribution is 2.39. The minimum Gasteiger partial charge on any atom is -0.497 e. The molecule has 1 aliphatic rings. The SMILES string of the molecule is COc1ccc(C2CC(N)c3ccccc3O2)cc1. The van der Waals surface area contributed by atoms with Crippen LogP contribution in [0.2, 0.25) is 0 Å². The quantitative estimate of drug-likeness (QED) is 0.896. The average Bonchev–Trinajstić information content (AvgIpc) is 2.47. The van der Waals surface area contributed by atoms with Crippen LogP contribution in [-0.4, -0.2) is 7.11 Å². The van der Waals surface area contributed by atoms with Crippen molar-refractivity contribution in [3.8, 4) is 11.5 Å². The van der Waals surface area contributed by atoms with Crippen molar-refractivity contribution in [1.82, 2.24) is 0 Å². The van der Waals surface area contributed by atoms with Crippen LogP contribution in [0.3, 0.4) is 0 Å². The summed E-state index contributed by atoms with van der Waals surface area (Å²) in [6.45, 7) is 0. The first-order chi connectivity index (χ1) is 9.28. The number of para-hydroxylation sites is 1. The van der Waals surface area contributed by atoms with Gasteiger partial charge in [0.25, 0.3) is 0 Å². The van der Waals surface area contributed by atoms with Gasteiger partial charge in [0, 0.05) is 18.0 Å². The molecule has 1 aliphatic heterocycles. The summed E-state index contributed by atoms with van der Waals surface area (Å²) in [6, 6.07) is 16.0. The van der Waals surface area contributed by atoms with E-state index in [-0.39, 0.29) is 12.1 Å². The fourth-order valence-electron chi connectivity index (χ4n) is 2.48. The predicted molar refractivity (Wildman–Crippen MR) is 74.4 cm³/mol. The van der Waals surface area contributed by atoms with Crippen molar-refractivity contribution in [2.45, 2.75) is 18.6 Å². The van der Waals surface area contributed by atoms with Crippen LogP contribution in [0, 0.1) is 0 Å². The summed E-state index contributed by atoms with van der Waals surface area (Å²) in [5, 5.41) is 0. The van der Waals surface area contributed by atoms with Crippen LogP contribution in [0.1, 0.15) is 29.7 Å². The van der Waals surface area contributed by atoms with Gasteiger partial charge in [0.15, 0.2) is 0 Å². The first-order valence-electron chi connectivity index (χ1n) is 6.43. The van der Waals surface area contributed by atoms with Gasteiger partial charge in [-0.25, -0.2) is 0 Å². The van der Waals surface area contributed by atoms with Gasteiger partial charge in [-0.15, -0.1) is 0 Å². The summed E-state index contributed by atoms with van der Waals surface area (Å²) >= 11 is 0. The molecule has 0 saturated heterocycles. The Bertz CT molecular complexity index is 565. The van der Waals surface area contributed by atoms with Crippen LogP contribution in [0.15, 0.2) is 48.5 Å². The molecule has 3 heteroatoms. The molecule has 0 saturated carbocycles. The summed E-state index contributed by atoms with van der Waals surface area (Å²) in [5.41, 5.74) is 8.45. The van der Waals surface area contributed by atoms with E-state index in [4.69, 9.17) is 15.2 Å². The zero-order valence-corrected chi connectivity index (χ0v) is 10.9. The fraction of sp³-hybridized carbons (Fsp3) is 0.250. The van der Waals surface area contributed by atoms with E-state index >= 15 is 0 Å². The van der Waals surface area contributed by atoms with Crippen molar-refractivity contribution in [2.24, 2.45) is 5.73 Å². The number of hydrogen-bond donors (Lipinski definition) is 1. The Hall–Kier alpha value is -2.00. The summed E-state index contributed by atoms with van der Waals surface area (Å²) < 4.78 is 11.2. The lowest BCUT2D eigenvalue weighted by molar-refractivity contribution is 0.161. The molecule has 0 aromatic heterocycles. The Balaban J connectivity index is 1.87. The molecule has 1 heterocycles. The number of benzene rings is 2. The van der Waals surface area contributed by atoms with E-state index in [2.05, 4.69) is 0 Å². The van der Waals surface area contributed by atoms with Crippen LogP contribution in [0.25, 0.3) is 0 Å². The molecule has 98 valence electrons. The molecule has 3 rings (SSSR count). The monoisotopic (exact) mass is 255 g/mol. The summed E-state index contributed by atoms with van der Waals surface area (Å²) in [5.74, 6) is 1.74. The normalized spacial score (nSPS) is 21.4. The minimum atomic E-state index is 0.0100. The van der Waals surface area contributed by atoms with E-state index in [9.17, 15) is 0 Å². The van der Waals surface area contributed by atoms with Gasteiger partial charge in [-0.3, -0.25) is 0 Å². The van der Waals surface area contributed by atoms with Crippen molar-refractivity contribution >= 4 is 0 Å². The largest absolute Gasteiger partial charge is 0.497 e. The third-order valence-electron chi connectivity index (χ3n) is 3.54. The van der Waals surface area contributed by atoms with Crippen molar-refractivity contribution < 1.29 is 9.47 Å². The highest BCUT2D eigenvalue weighted by Gasteiger charge is 2.26. The average molecular weight is 255 g/mol. The Morgan fingerprint density at radius 3 is 2.58 bits per heavy atom. The maximum absolute atomic E-state index is 6.23. The maximum Gasteiger partial charge on any atom is 0.126 e. The molecule has 2 atom stereocenters. The molecule has 2 unspecified atom stereocenters. The van der Waals surface area contributed by atoms with Crippen LogP contribution in [0.4, 0.5) is 0 Å². The fourth-order valence-corrected chi connectivity index (χ4v) is 2.48. The lowest BCUT2D eigenvalue weighted by Gasteiger charge is -2.30. The Kier molecular flexibility index (Phi) is 3.13. The number of nitrogens with two attached hydrogens (primary N) is 1. The van der Waals surface area contributed by atoms with Gasteiger partial charge in [0.1, 0.15) is 17.6 Å². The summed E-state index contributed by atoms with van der Waals surface area (Å²) in [6.07, 6.45) is 0.805. The van der Waals surface area contributed by atoms with E-state index in [1.54, 1.807) is 7.11 Å². The minimum absolute atomic E-state index is 0.0100. The van der Waals surface area contributed by atoms with Crippen LogP contribution >= 0.6 is 0 Å². The van der Waals surface area contributed by atoms with Gasteiger partial charge in [0.2, 0.25) is 0 Å². The molecule has 0 bridgehead atoms. The molecule has 0 spiro atoms. The smallest absolute Gasteiger partial charge is 0.126 e. The third-order valence-corrected chi connectivity index (χ3v) is 3.54. The number of hydrogen-bond acceptors (Lipinski definition) is 3. The van der Waals surface area contributed by atoms with Crippen LogP contribution in [-0.2, 0) is 0 Å². The Morgan fingerprint density at radius 2 is 1.84 bits per heavy atom. The van der Waals surface area contributed by atoms with Crippen molar-refractivity contribution in [3.05, 3.63) is 59.7 Å². The van der Waals surface area contributed by atoms with E-state index < -0.39 is 0 Å².